The number of thiazole rings is 1. The summed E-state index contributed by atoms with van der Waals surface area (Å²) in [6, 6.07) is 0. The van der Waals surface area contributed by atoms with Crippen molar-refractivity contribution in [2.75, 3.05) is 19.6 Å². The van der Waals surface area contributed by atoms with Crippen molar-refractivity contribution in [3.8, 4) is 0 Å². The van der Waals surface area contributed by atoms with Crippen LogP contribution in [0.25, 0.3) is 0 Å². The molecule has 1 saturated heterocycles. The first-order valence-corrected chi connectivity index (χ1v) is 7.64. The molecule has 0 spiro atoms. The molecule has 0 amide bonds. The lowest BCUT2D eigenvalue weighted by Crippen LogP contribution is -2.33. The molecule has 1 fully saturated rings. The van der Waals surface area contributed by atoms with Crippen molar-refractivity contribution in [3.05, 3.63) is 16.1 Å². The lowest BCUT2D eigenvalue weighted by atomic mass is 9.94. The summed E-state index contributed by atoms with van der Waals surface area (Å²) in [5, 5.41) is 1.21. The zero-order valence-electron chi connectivity index (χ0n) is 11.3. The van der Waals surface area contributed by atoms with Gasteiger partial charge in [0.15, 0.2) is 0 Å². The molecule has 0 unspecified atom stereocenters. The molecule has 1 aromatic rings. The molecule has 0 aliphatic carbocycles. The summed E-state index contributed by atoms with van der Waals surface area (Å²) < 4.78 is 0. The van der Waals surface area contributed by atoms with E-state index in [2.05, 4.69) is 16.8 Å². The first-order valence-electron chi connectivity index (χ1n) is 6.82. The topological polar surface area (TPSA) is 33.2 Å². The van der Waals surface area contributed by atoms with Crippen molar-refractivity contribution in [3.63, 3.8) is 0 Å². The van der Waals surface area contributed by atoms with Gasteiger partial charge in [0, 0.05) is 23.9 Å². The van der Waals surface area contributed by atoms with Crippen LogP contribution < -0.4 is 0 Å². The maximum atomic E-state index is 11.1. The van der Waals surface area contributed by atoms with Crippen LogP contribution in [0.15, 0.2) is 6.20 Å². The Morgan fingerprint density at radius 1 is 1.50 bits per heavy atom. The van der Waals surface area contributed by atoms with Crippen molar-refractivity contribution in [2.45, 2.75) is 39.5 Å². The Hall–Kier alpha value is -0.740. The van der Waals surface area contributed by atoms with Gasteiger partial charge in [-0.2, -0.15) is 0 Å². The van der Waals surface area contributed by atoms with Gasteiger partial charge in [0.2, 0.25) is 0 Å². The number of carbonyl (C=O) groups excluding carboxylic acids is 1. The fourth-order valence-corrected chi connectivity index (χ4v) is 3.63. The van der Waals surface area contributed by atoms with E-state index in [1.165, 1.54) is 37.5 Å². The zero-order valence-corrected chi connectivity index (χ0v) is 12.1. The Kier molecular flexibility index (Phi) is 4.89. The highest BCUT2D eigenvalue weighted by atomic mass is 32.1. The Labute approximate surface area is 113 Å². The number of piperidine rings is 1. The molecular formula is C14H22N2OS. The highest BCUT2D eigenvalue weighted by molar-refractivity contribution is 7.11. The number of carbonyl (C=O) groups is 1. The average molecular weight is 266 g/mol. The second-order valence-electron chi connectivity index (χ2n) is 5.18. The Morgan fingerprint density at radius 3 is 2.83 bits per heavy atom. The van der Waals surface area contributed by atoms with Crippen LogP contribution >= 0.6 is 11.3 Å². The van der Waals surface area contributed by atoms with Gasteiger partial charge in [-0.25, -0.2) is 4.98 Å². The fourth-order valence-electron chi connectivity index (χ4n) is 2.52. The van der Waals surface area contributed by atoms with E-state index in [0.29, 0.717) is 6.42 Å². The summed E-state index contributed by atoms with van der Waals surface area (Å²) in [6.07, 6.45) is 6.10. The first-order chi connectivity index (χ1) is 8.67. The third kappa shape index (κ3) is 3.89. The van der Waals surface area contributed by atoms with Crippen LogP contribution in [0.3, 0.4) is 0 Å². The lowest BCUT2D eigenvalue weighted by molar-refractivity contribution is -0.116. The first kappa shape index (κ1) is 13.7. The number of Topliss-reactive ketones (excluding diaryl/α,β-unsaturated/α-hetero) is 1. The van der Waals surface area contributed by atoms with Crippen LogP contribution in [0.5, 0.6) is 0 Å². The van der Waals surface area contributed by atoms with Crippen LogP contribution in [0.1, 0.15) is 36.6 Å². The Balaban J connectivity index is 1.83. The minimum Gasteiger partial charge on any atom is -0.304 e. The van der Waals surface area contributed by atoms with Crippen molar-refractivity contribution >= 4 is 17.1 Å². The van der Waals surface area contributed by atoms with E-state index in [1.807, 2.05) is 6.20 Å². The van der Waals surface area contributed by atoms with E-state index in [4.69, 9.17) is 0 Å². The molecule has 1 aromatic heterocycles. The van der Waals surface area contributed by atoms with Gasteiger partial charge in [-0.1, -0.05) is 6.92 Å². The van der Waals surface area contributed by atoms with E-state index < -0.39 is 0 Å². The van der Waals surface area contributed by atoms with E-state index >= 15 is 0 Å². The Morgan fingerprint density at radius 2 is 2.22 bits per heavy atom. The lowest BCUT2D eigenvalue weighted by Gasteiger charge is -2.30. The monoisotopic (exact) mass is 266 g/mol. The van der Waals surface area contributed by atoms with Gasteiger partial charge in [-0.3, -0.25) is 4.79 Å². The Bertz CT molecular complexity index is 394. The number of nitrogens with zero attached hydrogens (tertiary/aromatic N) is 2. The molecular weight excluding hydrogens is 244 g/mol. The summed E-state index contributed by atoms with van der Waals surface area (Å²) in [4.78, 5) is 19.1. The molecule has 1 aliphatic heterocycles. The number of rotatable bonds is 5. The van der Waals surface area contributed by atoms with E-state index in [1.54, 1.807) is 18.3 Å². The summed E-state index contributed by atoms with van der Waals surface area (Å²) >= 11 is 1.72. The summed E-state index contributed by atoms with van der Waals surface area (Å²) in [7, 11) is 0. The number of ketones is 1. The largest absolute Gasteiger partial charge is 0.304 e. The molecule has 0 atom stereocenters. The van der Waals surface area contributed by atoms with Crippen LogP contribution in [-0.4, -0.2) is 35.3 Å². The van der Waals surface area contributed by atoms with Gasteiger partial charge in [0.05, 0.1) is 5.01 Å². The second kappa shape index (κ2) is 6.43. The molecule has 2 heterocycles. The summed E-state index contributed by atoms with van der Waals surface area (Å²) in [5.41, 5.74) is 0. The minimum atomic E-state index is 0.224. The maximum Gasteiger partial charge on any atom is 0.135 e. The summed E-state index contributed by atoms with van der Waals surface area (Å²) in [5.74, 6) is 1.01. The number of aromatic nitrogens is 1. The van der Waals surface area contributed by atoms with Gasteiger partial charge < -0.3 is 4.90 Å². The molecule has 4 heteroatoms. The minimum absolute atomic E-state index is 0.224. The molecule has 3 nitrogen and oxygen atoms in total. The molecule has 1 aliphatic rings. The number of hydrogen-bond acceptors (Lipinski definition) is 4. The molecule has 18 heavy (non-hydrogen) atoms. The van der Waals surface area contributed by atoms with Crippen molar-refractivity contribution in [1.82, 2.24) is 9.88 Å². The van der Waals surface area contributed by atoms with Crippen LogP contribution in [0.4, 0.5) is 0 Å². The third-order valence-electron chi connectivity index (χ3n) is 3.64. The van der Waals surface area contributed by atoms with E-state index in [0.717, 1.165) is 17.2 Å². The van der Waals surface area contributed by atoms with E-state index in [-0.39, 0.29) is 5.78 Å². The molecule has 0 N–H and O–H groups in total. The molecule has 2 rings (SSSR count). The van der Waals surface area contributed by atoms with Crippen LogP contribution in [0.2, 0.25) is 0 Å². The van der Waals surface area contributed by atoms with Crippen molar-refractivity contribution < 1.29 is 4.79 Å². The normalized spacial score (nSPS) is 18.1. The average Bonchev–Trinajstić information content (AvgIpc) is 2.76. The second-order valence-corrected chi connectivity index (χ2v) is 6.38. The predicted octanol–water partition coefficient (Wildman–Crippen LogP) is 2.55. The maximum absolute atomic E-state index is 11.1. The molecule has 0 saturated carbocycles. The smallest absolute Gasteiger partial charge is 0.135 e. The SMILES string of the molecule is CCN1CCC(Cc2ncc(CC(C)=O)s2)CC1. The molecule has 0 aromatic carbocycles. The predicted molar refractivity (Wildman–Crippen MR) is 75.0 cm³/mol. The fraction of sp³-hybridized carbons (Fsp3) is 0.714. The highest BCUT2D eigenvalue weighted by Crippen LogP contribution is 2.24. The molecule has 100 valence electrons. The van der Waals surface area contributed by atoms with Crippen molar-refractivity contribution in [2.24, 2.45) is 5.92 Å². The van der Waals surface area contributed by atoms with Crippen LogP contribution in [-0.2, 0) is 17.6 Å². The van der Waals surface area contributed by atoms with E-state index in [9.17, 15) is 4.79 Å². The zero-order chi connectivity index (χ0) is 13.0. The third-order valence-corrected chi connectivity index (χ3v) is 4.66. The van der Waals surface area contributed by atoms with Crippen molar-refractivity contribution in [1.29, 1.82) is 0 Å². The molecule has 0 bridgehead atoms. The van der Waals surface area contributed by atoms with Gasteiger partial charge in [-0.05, 0) is 45.3 Å². The van der Waals surface area contributed by atoms with Gasteiger partial charge in [-0.15, -0.1) is 11.3 Å². The van der Waals surface area contributed by atoms with Gasteiger partial charge in [0.25, 0.3) is 0 Å². The van der Waals surface area contributed by atoms with Gasteiger partial charge >= 0.3 is 0 Å². The summed E-state index contributed by atoms with van der Waals surface area (Å²) in [6.45, 7) is 7.50. The van der Waals surface area contributed by atoms with Gasteiger partial charge in [0.1, 0.15) is 5.78 Å². The number of likely N-dealkylation sites (tertiary alicyclic amines) is 1. The quantitative estimate of drug-likeness (QED) is 0.821. The van der Waals surface area contributed by atoms with Crippen LogP contribution in [0, 0.1) is 5.92 Å². The number of hydrogen-bond donors (Lipinski definition) is 0. The standard InChI is InChI=1S/C14H22N2OS/c1-3-16-6-4-12(5-7-16)9-14-15-10-13(18-14)8-11(2)17/h10,12H,3-9H2,1-2H3. The molecule has 0 radical (unpaired) electrons. The highest BCUT2D eigenvalue weighted by Gasteiger charge is 2.19.